The van der Waals surface area contributed by atoms with Crippen LogP contribution in [-0.4, -0.2) is 47.1 Å². The molecule has 2 aliphatic heterocycles. The Bertz CT molecular complexity index is 1320. The molecule has 9 heteroatoms. The lowest BCUT2D eigenvalue weighted by molar-refractivity contribution is -0.116. The maximum atomic E-state index is 13.1. The van der Waals surface area contributed by atoms with Gasteiger partial charge in [-0.1, -0.05) is 35.9 Å². The number of likely N-dealkylation sites (tertiary alicyclic amines) is 1. The molecule has 0 bridgehead atoms. The van der Waals surface area contributed by atoms with E-state index in [-0.39, 0.29) is 31.0 Å². The van der Waals surface area contributed by atoms with Gasteiger partial charge < -0.3 is 20.7 Å². The highest BCUT2D eigenvalue weighted by Gasteiger charge is 2.31. The highest BCUT2D eigenvalue weighted by atomic mass is 35.5. The van der Waals surface area contributed by atoms with Crippen molar-refractivity contribution in [2.24, 2.45) is 0 Å². The lowest BCUT2D eigenvalue weighted by atomic mass is 9.95. The van der Waals surface area contributed by atoms with Crippen LogP contribution < -0.4 is 15.8 Å². The molecule has 2 aliphatic rings. The second-order valence-electron chi connectivity index (χ2n) is 8.82. The number of hydrogen-bond donors (Lipinski definition) is 2. The Balaban J connectivity index is 1.24. The van der Waals surface area contributed by atoms with E-state index in [0.717, 1.165) is 22.3 Å². The molecule has 0 spiro atoms. The first-order valence-electron chi connectivity index (χ1n) is 11.6. The summed E-state index contributed by atoms with van der Waals surface area (Å²) in [4.78, 5) is 30.2. The van der Waals surface area contributed by atoms with Gasteiger partial charge in [0, 0.05) is 36.4 Å². The Kier molecular flexibility index (Phi) is 6.61. The number of aromatic nitrogens is 1. The van der Waals surface area contributed by atoms with Gasteiger partial charge in [-0.15, -0.1) is 0 Å². The number of carbonyl (C=O) groups is 2. The first-order valence-corrected chi connectivity index (χ1v) is 11.9. The van der Waals surface area contributed by atoms with Crippen LogP contribution in [0.2, 0.25) is 5.02 Å². The van der Waals surface area contributed by atoms with Gasteiger partial charge in [-0.25, -0.2) is 9.37 Å². The fraction of sp³-hybridized carbons (Fsp3) is 0.222. The normalized spacial score (nSPS) is 16.9. The Morgan fingerprint density at radius 1 is 1.17 bits per heavy atom. The van der Waals surface area contributed by atoms with Gasteiger partial charge in [0.1, 0.15) is 23.8 Å². The van der Waals surface area contributed by atoms with Crippen molar-refractivity contribution in [3.8, 4) is 16.9 Å². The number of anilines is 1. The molecule has 184 valence electrons. The smallest absolute Gasteiger partial charge is 0.254 e. The number of halogens is 2. The quantitative estimate of drug-likeness (QED) is 0.493. The summed E-state index contributed by atoms with van der Waals surface area (Å²) >= 11 is 6.40. The summed E-state index contributed by atoms with van der Waals surface area (Å²) in [5.41, 5.74) is 9.73. The van der Waals surface area contributed by atoms with Crippen LogP contribution >= 0.6 is 11.6 Å². The molecular weight excluding hydrogens is 483 g/mol. The monoisotopic (exact) mass is 506 g/mol. The Hall–Kier alpha value is -3.91. The van der Waals surface area contributed by atoms with Crippen molar-refractivity contribution in [2.45, 2.75) is 25.2 Å². The highest BCUT2D eigenvalue weighted by molar-refractivity contribution is 6.32. The molecule has 2 aromatic carbocycles. The summed E-state index contributed by atoms with van der Waals surface area (Å²) in [6.07, 6.45) is 4.05. The van der Waals surface area contributed by atoms with Gasteiger partial charge in [0.05, 0.1) is 18.1 Å². The number of alkyl halides is 1. The van der Waals surface area contributed by atoms with Crippen LogP contribution in [0.15, 0.2) is 66.9 Å². The Morgan fingerprint density at radius 2 is 1.94 bits per heavy atom. The van der Waals surface area contributed by atoms with Crippen LogP contribution in [0.3, 0.4) is 0 Å². The molecule has 1 atom stereocenters. The number of carbonyl (C=O) groups excluding carboxylic acids is 2. The van der Waals surface area contributed by atoms with Gasteiger partial charge in [-0.05, 0) is 47.0 Å². The van der Waals surface area contributed by atoms with Gasteiger partial charge in [0.25, 0.3) is 5.91 Å². The summed E-state index contributed by atoms with van der Waals surface area (Å²) in [7, 11) is 0. The zero-order valence-electron chi connectivity index (χ0n) is 19.3. The summed E-state index contributed by atoms with van der Waals surface area (Å²) in [5, 5.41) is 3.30. The molecule has 3 aromatic rings. The SMILES string of the molecule is Nc1ccc(CNC(=O)C=CC2Cc3c(-c4ccc(C(=O)N5CC(F)C5)cc4)ccc(Cl)c3O2)cn1. The van der Waals surface area contributed by atoms with Crippen LogP contribution in [0.5, 0.6) is 5.75 Å². The zero-order chi connectivity index (χ0) is 25.2. The number of nitrogens with one attached hydrogen (secondary N) is 1. The van der Waals surface area contributed by atoms with E-state index in [4.69, 9.17) is 22.1 Å². The third-order valence-electron chi connectivity index (χ3n) is 6.23. The minimum atomic E-state index is -0.932. The average Bonchev–Trinajstić information content (AvgIpc) is 3.30. The number of nitrogens with zero attached hydrogens (tertiary/aromatic N) is 2. The molecule has 3 N–H and O–H groups in total. The largest absolute Gasteiger partial charge is 0.484 e. The molecule has 3 heterocycles. The number of benzene rings is 2. The van der Waals surface area contributed by atoms with Crippen LogP contribution in [0, 0.1) is 0 Å². The van der Waals surface area contributed by atoms with Crippen molar-refractivity contribution < 1.29 is 18.7 Å². The fourth-order valence-electron chi connectivity index (χ4n) is 4.25. The molecule has 7 nitrogen and oxygen atoms in total. The fourth-order valence-corrected chi connectivity index (χ4v) is 4.47. The van der Waals surface area contributed by atoms with Crippen molar-refractivity contribution >= 4 is 29.2 Å². The van der Waals surface area contributed by atoms with E-state index in [9.17, 15) is 14.0 Å². The molecule has 0 saturated carbocycles. The lowest BCUT2D eigenvalue weighted by Gasteiger charge is -2.34. The van der Waals surface area contributed by atoms with E-state index in [1.165, 1.54) is 11.0 Å². The van der Waals surface area contributed by atoms with Crippen molar-refractivity contribution in [2.75, 3.05) is 18.8 Å². The number of amides is 2. The second-order valence-corrected chi connectivity index (χ2v) is 9.22. The molecule has 1 saturated heterocycles. The first-order chi connectivity index (χ1) is 17.4. The summed E-state index contributed by atoms with van der Waals surface area (Å²) in [5.74, 6) is 0.593. The third-order valence-corrected chi connectivity index (χ3v) is 6.53. The van der Waals surface area contributed by atoms with Gasteiger partial charge in [0.2, 0.25) is 5.91 Å². The predicted molar refractivity (Wildman–Crippen MR) is 135 cm³/mol. The first kappa shape index (κ1) is 23.8. The molecule has 5 rings (SSSR count). The van der Waals surface area contributed by atoms with Crippen LogP contribution in [0.25, 0.3) is 11.1 Å². The van der Waals surface area contributed by atoms with Gasteiger partial charge in [-0.3, -0.25) is 9.59 Å². The average molecular weight is 507 g/mol. The summed E-state index contributed by atoms with van der Waals surface area (Å²) < 4.78 is 19.1. The van der Waals surface area contributed by atoms with E-state index >= 15 is 0 Å². The molecule has 36 heavy (non-hydrogen) atoms. The number of nitrogen functional groups attached to an aromatic ring is 1. The van der Waals surface area contributed by atoms with E-state index in [0.29, 0.717) is 35.1 Å². The number of rotatable bonds is 6. The van der Waals surface area contributed by atoms with Crippen molar-refractivity contribution in [3.63, 3.8) is 0 Å². The molecule has 0 radical (unpaired) electrons. The maximum Gasteiger partial charge on any atom is 0.254 e. The highest BCUT2D eigenvalue weighted by Crippen LogP contribution is 2.42. The van der Waals surface area contributed by atoms with E-state index in [2.05, 4.69) is 10.3 Å². The van der Waals surface area contributed by atoms with Crippen LogP contribution in [0.4, 0.5) is 10.2 Å². The Morgan fingerprint density at radius 3 is 2.64 bits per heavy atom. The van der Waals surface area contributed by atoms with Crippen LogP contribution in [-0.2, 0) is 17.8 Å². The van der Waals surface area contributed by atoms with E-state index in [1.807, 2.05) is 18.2 Å². The zero-order valence-corrected chi connectivity index (χ0v) is 20.0. The number of fused-ring (bicyclic) bond motifs is 1. The molecular formula is C27H24ClFN4O3. The standard InChI is InChI=1S/C27H24ClFN4O3/c28-23-8-7-21(17-2-4-18(5-3-17)27(35)33-14-19(29)15-33)22-11-20(36-26(22)23)6-10-25(34)32-13-16-1-9-24(30)31-12-16/h1-10,12,19-20H,11,13-15H2,(H2,30,31)(H,32,34). The predicted octanol–water partition coefficient (Wildman–Crippen LogP) is 3.95. The van der Waals surface area contributed by atoms with E-state index in [1.54, 1.807) is 42.6 Å². The van der Waals surface area contributed by atoms with Crippen LogP contribution in [0.1, 0.15) is 21.5 Å². The van der Waals surface area contributed by atoms with Crippen molar-refractivity contribution in [1.29, 1.82) is 0 Å². The number of ether oxygens (including phenoxy) is 1. The van der Waals surface area contributed by atoms with Gasteiger partial charge in [0.15, 0.2) is 0 Å². The van der Waals surface area contributed by atoms with E-state index < -0.39 is 6.17 Å². The Labute approximate surface area is 212 Å². The molecule has 1 unspecified atom stereocenters. The minimum Gasteiger partial charge on any atom is -0.484 e. The third kappa shape index (κ3) is 5.04. The maximum absolute atomic E-state index is 13.1. The minimum absolute atomic E-state index is 0.147. The van der Waals surface area contributed by atoms with Gasteiger partial charge >= 0.3 is 0 Å². The topological polar surface area (TPSA) is 97.5 Å². The van der Waals surface area contributed by atoms with Crippen molar-refractivity contribution in [1.82, 2.24) is 15.2 Å². The number of hydrogen-bond acceptors (Lipinski definition) is 5. The molecule has 0 aliphatic carbocycles. The molecule has 2 amide bonds. The van der Waals surface area contributed by atoms with Crippen molar-refractivity contribution in [3.05, 3.63) is 88.6 Å². The van der Waals surface area contributed by atoms with Gasteiger partial charge in [-0.2, -0.15) is 0 Å². The number of pyridine rings is 1. The molecule has 1 aromatic heterocycles. The lowest BCUT2D eigenvalue weighted by Crippen LogP contribution is -2.51. The molecule has 1 fully saturated rings. The number of nitrogens with two attached hydrogens (primary N) is 1. The summed E-state index contributed by atoms with van der Waals surface area (Å²) in [6, 6.07) is 14.4. The second kappa shape index (κ2) is 9.99. The summed E-state index contributed by atoms with van der Waals surface area (Å²) in [6.45, 7) is 0.630.